The summed E-state index contributed by atoms with van der Waals surface area (Å²) in [6.45, 7) is 0. The van der Waals surface area contributed by atoms with Crippen LogP contribution in [0.4, 0.5) is 0 Å². The highest BCUT2D eigenvalue weighted by Gasteiger charge is 2.52. The van der Waals surface area contributed by atoms with Crippen molar-refractivity contribution in [2.45, 2.75) is 30.4 Å². The fourth-order valence-electron chi connectivity index (χ4n) is 21.5. The fraction of sp³-hybridized carbons (Fsp3) is 0.0172. The molecule has 0 aliphatic carbocycles. The van der Waals surface area contributed by atoms with E-state index in [0.717, 1.165) is 61.3 Å². The smallest absolute Gasteiger partial charge is 0.164 e. The second-order valence-electron chi connectivity index (χ2n) is 33.4. The zero-order valence-electron chi connectivity index (χ0n) is 68.7. The lowest BCUT2D eigenvalue weighted by Gasteiger charge is -2.45. The molecule has 0 N–H and O–H groups in total. The Morgan fingerprint density at radius 2 is 0.469 bits per heavy atom. The Morgan fingerprint density at radius 3 is 0.883 bits per heavy atom. The maximum absolute atomic E-state index is 5.10. The molecule has 0 radical (unpaired) electrons. The molecule has 6 aromatic heterocycles. The van der Waals surface area contributed by atoms with Crippen LogP contribution in [-0.2, 0) is 10.8 Å². The van der Waals surface area contributed by atoms with Gasteiger partial charge in [0.15, 0.2) is 34.9 Å². The molecule has 2 unspecified atom stereocenters. The van der Waals surface area contributed by atoms with E-state index in [0.29, 0.717) is 34.9 Å². The third-order valence-electron chi connectivity index (χ3n) is 26.8. The van der Waals surface area contributed by atoms with Crippen molar-refractivity contribution in [1.29, 1.82) is 0 Å². The van der Waals surface area contributed by atoms with Crippen LogP contribution < -0.4 is 0 Å². The van der Waals surface area contributed by atoms with E-state index in [2.05, 4.69) is 346 Å². The van der Waals surface area contributed by atoms with Gasteiger partial charge in [-0.15, -0.1) is 0 Å². The average Bonchev–Trinajstić information content (AvgIpc) is 1.37. The standard InChI is InChI=1S/2C58H35N5S/c1-3-17-36(18-4-1)55-59-56(37-19-5-2-6-20-37)61-57(60-55)38-21-15-22-39(33-38)62-48-29-11-8-24-41(48)43-34-47-53(35-51(43)62)64-52-32-14-10-27-45(52)58(47)44-26-9-13-31-50(44)63-49-30-12-7-23-40(49)42-25-16-28-46(58)54(42)63;1-3-16-36(17-4-1)55-59-56(37-18-5-2-6-19-37)61-57(60-55)38-30-32-39(33-31-38)62-48-26-11-8-21-41(48)43-34-47-53(35-51(43)62)64-52-29-14-10-24-45(52)58(47)44-23-9-13-28-50(44)63-49-27-12-7-20-40(49)42-22-15-25-46(58)54(42)63/h2*1-35H. The minimum Gasteiger partial charge on any atom is -0.309 e. The van der Waals surface area contributed by atoms with Crippen LogP contribution in [0.15, 0.2) is 444 Å². The lowest BCUT2D eigenvalue weighted by atomic mass is 9.62. The SMILES string of the molecule is c1ccc(-c2nc(-c3ccccc3)nc(-c3ccc(-n4c5ccccc5c5cc6c(cc54)Sc4ccccc4C64c5ccccc5-n5c6ccccc6c6cccc4c65)cc3)n2)cc1.c1ccc(-c2nc(-c3ccccc3)nc(-c3cccc(-n4c5ccccc5c5cc6c(cc54)Sc4ccccc4C64c5ccccc5-n5c6ccccc6c6cccc4c65)c3)n2)cc1. The summed E-state index contributed by atoms with van der Waals surface area (Å²) in [7, 11) is 0. The Labute approximate surface area is 744 Å². The van der Waals surface area contributed by atoms with Gasteiger partial charge in [-0.2, -0.15) is 0 Å². The maximum atomic E-state index is 5.10. The number of hydrogen-bond acceptors (Lipinski definition) is 8. The highest BCUT2D eigenvalue weighted by Crippen LogP contribution is 2.64. The molecule has 128 heavy (non-hydrogen) atoms. The molecule has 2 atom stereocenters. The van der Waals surface area contributed by atoms with Crippen molar-refractivity contribution in [1.82, 2.24) is 48.2 Å². The van der Waals surface area contributed by atoms with Crippen LogP contribution in [0.2, 0.25) is 0 Å². The number of rotatable bonds is 8. The van der Waals surface area contributed by atoms with Crippen molar-refractivity contribution in [3.63, 3.8) is 0 Å². The first-order valence-electron chi connectivity index (χ1n) is 43.4. The summed E-state index contributed by atoms with van der Waals surface area (Å²) in [5.41, 5.74) is 29.2. The first-order chi connectivity index (χ1) is 63.5. The molecule has 2 spiro atoms. The van der Waals surface area contributed by atoms with Crippen LogP contribution in [0.25, 0.3) is 178 Å². The largest absolute Gasteiger partial charge is 0.309 e. The fourth-order valence-corrected chi connectivity index (χ4v) is 24.0. The molecule has 18 aromatic carbocycles. The van der Waals surface area contributed by atoms with Crippen molar-refractivity contribution in [2.75, 3.05) is 0 Å². The summed E-state index contributed by atoms with van der Waals surface area (Å²) in [5, 5.41) is 9.98. The quantitative estimate of drug-likeness (QED) is 0.148. The van der Waals surface area contributed by atoms with Gasteiger partial charge in [0.1, 0.15) is 0 Å². The number of benzene rings is 18. The van der Waals surface area contributed by atoms with E-state index in [-0.39, 0.29) is 0 Å². The Balaban J connectivity index is 0.000000132. The van der Waals surface area contributed by atoms with Gasteiger partial charge >= 0.3 is 0 Å². The van der Waals surface area contributed by atoms with Crippen molar-refractivity contribution in [3.8, 4) is 91.1 Å². The second-order valence-corrected chi connectivity index (χ2v) is 35.6. The van der Waals surface area contributed by atoms with Crippen molar-refractivity contribution in [3.05, 3.63) is 469 Å². The third-order valence-corrected chi connectivity index (χ3v) is 29.1. The van der Waals surface area contributed by atoms with E-state index in [9.17, 15) is 0 Å². The molecule has 24 aromatic rings. The predicted molar refractivity (Wildman–Crippen MR) is 522 cm³/mol. The maximum Gasteiger partial charge on any atom is 0.164 e. The molecule has 0 amide bonds. The predicted octanol–water partition coefficient (Wildman–Crippen LogP) is 28.5. The second kappa shape index (κ2) is 28.2. The molecular weight excluding hydrogens is 1600 g/mol. The lowest BCUT2D eigenvalue weighted by molar-refractivity contribution is 0.691. The number of hydrogen-bond donors (Lipinski definition) is 0. The monoisotopic (exact) mass is 1670 g/mol. The van der Waals surface area contributed by atoms with E-state index in [1.54, 1.807) is 0 Å². The average molecular weight is 1670 g/mol. The number of para-hydroxylation sites is 8. The summed E-state index contributed by atoms with van der Waals surface area (Å²) < 4.78 is 9.88. The van der Waals surface area contributed by atoms with Crippen LogP contribution in [0.5, 0.6) is 0 Å². The highest BCUT2D eigenvalue weighted by atomic mass is 32.2. The van der Waals surface area contributed by atoms with Gasteiger partial charge < -0.3 is 18.3 Å². The van der Waals surface area contributed by atoms with Gasteiger partial charge in [0.25, 0.3) is 0 Å². The number of aromatic nitrogens is 10. The molecule has 28 rings (SSSR count). The van der Waals surface area contributed by atoms with Gasteiger partial charge in [-0.25, -0.2) is 29.9 Å². The van der Waals surface area contributed by atoms with E-state index < -0.39 is 10.8 Å². The molecule has 0 saturated carbocycles. The van der Waals surface area contributed by atoms with Gasteiger partial charge in [-0.05, 0) is 154 Å². The zero-order valence-corrected chi connectivity index (χ0v) is 70.3. The van der Waals surface area contributed by atoms with Gasteiger partial charge in [0, 0.05) is 107 Å². The summed E-state index contributed by atoms with van der Waals surface area (Å²) in [6, 6.07) is 154. The van der Waals surface area contributed by atoms with E-state index in [4.69, 9.17) is 29.9 Å². The van der Waals surface area contributed by atoms with Crippen LogP contribution in [-0.4, -0.2) is 48.2 Å². The van der Waals surface area contributed by atoms with E-state index >= 15 is 0 Å². The Morgan fingerprint density at radius 1 is 0.172 bits per heavy atom. The van der Waals surface area contributed by atoms with Crippen molar-refractivity contribution < 1.29 is 0 Å². The van der Waals surface area contributed by atoms with Crippen LogP contribution >= 0.6 is 23.5 Å². The molecule has 0 fully saturated rings. The molecule has 4 aliphatic heterocycles. The van der Waals surface area contributed by atoms with Crippen molar-refractivity contribution >= 4 is 111 Å². The van der Waals surface area contributed by atoms with E-state index in [1.807, 2.05) is 121 Å². The Hall–Kier alpha value is -16.1. The highest BCUT2D eigenvalue weighted by molar-refractivity contribution is 7.99. The molecule has 10 heterocycles. The first kappa shape index (κ1) is 72.4. The van der Waals surface area contributed by atoms with Gasteiger partial charge in [0.05, 0.1) is 66.3 Å². The molecule has 10 nitrogen and oxygen atoms in total. The first-order valence-corrected chi connectivity index (χ1v) is 45.0. The van der Waals surface area contributed by atoms with Gasteiger partial charge in [-0.1, -0.05) is 339 Å². The Kier molecular flexibility index (Phi) is 15.9. The summed E-state index contributed by atoms with van der Waals surface area (Å²) in [5.74, 6) is 3.85. The van der Waals surface area contributed by atoms with Gasteiger partial charge in [0.2, 0.25) is 0 Å². The molecular formula is C116H70N10S2. The lowest BCUT2D eigenvalue weighted by Crippen LogP contribution is -2.37. The normalized spacial score (nSPS) is 14.9. The third kappa shape index (κ3) is 10.5. The van der Waals surface area contributed by atoms with Crippen LogP contribution in [0, 0.1) is 0 Å². The van der Waals surface area contributed by atoms with Crippen LogP contribution in [0.1, 0.15) is 44.5 Å². The number of fused-ring (bicyclic) bond motifs is 28. The summed E-state index contributed by atoms with van der Waals surface area (Å²) in [4.78, 5) is 35.2. The van der Waals surface area contributed by atoms with E-state index in [1.165, 1.54) is 146 Å². The molecule has 0 bridgehead atoms. The molecule has 596 valence electrons. The molecule has 4 aliphatic rings. The van der Waals surface area contributed by atoms with Crippen molar-refractivity contribution in [2.24, 2.45) is 0 Å². The minimum absolute atomic E-state index is 0.557. The summed E-state index contributed by atoms with van der Waals surface area (Å²) >= 11 is 3.77. The van der Waals surface area contributed by atoms with Gasteiger partial charge in [-0.3, -0.25) is 0 Å². The zero-order chi connectivity index (χ0) is 83.9. The topological polar surface area (TPSA) is 97.1 Å². The molecule has 12 heteroatoms. The van der Waals surface area contributed by atoms with Crippen LogP contribution in [0.3, 0.4) is 0 Å². The Bertz CT molecular complexity index is 8660. The minimum atomic E-state index is -0.569. The molecule has 0 saturated heterocycles. The number of nitrogens with zero attached hydrogens (tertiary/aromatic N) is 10. The summed E-state index contributed by atoms with van der Waals surface area (Å²) in [6.07, 6.45) is 0.